The summed E-state index contributed by atoms with van der Waals surface area (Å²) in [6.45, 7) is 2.03. The second kappa shape index (κ2) is 6.53. The zero-order chi connectivity index (χ0) is 12.8. The second-order valence-corrected chi connectivity index (χ2v) is 5.08. The van der Waals surface area contributed by atoms with Crippen molar-refractivity contribution in [2.75, 3.05) is 0 Å². The molecular weight excluding hydrogens is 264 g/mol. The minimum absolute atomic E-state index is 0.368. The summed E-state index contributed by atoms with van der Waals surface area (Å²) in [6.07, 6.45) is 0. The Balaban J connectivity index is 1.95. The lowest BCUT2D eigenvalue weighted by atomic mass is 10.2. The molecule has 2 aromatic rings. The largest absolute Gasteiger partial charge is 0.445 e. The van der Waals surface area contributed by atoms with Gasteiger partial charge >= 0.3 is 0 Å². The van der Waals surface area contributed by atoms with Crippen molar-refractivity contribution in [3.8, 4) is 5.75 Å². The summed E-state index contributed by atoms with van der Waals surface area (Å²) in [6, 6.07) is 17.8. The first-order valence-electron chi connectivity index (χ1n) is 5.56. The predicted molar refractivity (Wildman–Crippen MR) is 78.0 cm³/mol. The molecule has 0 aliphatic heterocycles. The molecule has 0 amide bonds. The zero-order valence-corrected chi connectivity index (χ0v) is 11.5. The Morgan fingerprint density at radius 3 is 2.39 bits per heavy atom. The SMILES string of the molecule is Cc1ccc(O/C(Cl)=C\Sc2ccccc2)cc1. The lowest BCUT2D eigenvalue weighted by molar-refractivity contribution is 0.464. The molecular formula is C15H13ClOS. The number of ether oxygens (including phenoxy) is 1. The van der Waals surface area contributed by atoms with Gasteiger partial charge in [-0.05, 0) is 42.8 Å². The van der Waals surface area contributed by atoms with Gasteiger partial charge in [-0.15, -0.1) is 0 Å². The Bertz CT molecular complexity index is 520. The van der Waals surface area contributed by atoms with Gasteiger partial charge in [0, 0.05) is 10.3 Å². The highest BCUT2D eigenvalue weighted by atomic mass is 35.5. The first-order chi connectivity index (χ1) is 8.74. The fourth-order valence-corrected chi connectivity index (χ4v) is 2.17. The molecule has 0 fully saturated rings. The first kappa shape index (κ1) is 13.1. The van der Waals surface area contributed by atoms with Crippen LogP contribution >= 0.6 is 23.4 Å². The fourth-order valence-electron chi connectivity index (χ4n) is 1.36. The third kappa shape index (κ3) is 4.13. The summed E-state index contributed by atoms with van der Waals surface area (Å²) in [5.74, 6) is 0.746. The molecule has 0 aliphatic rings. The maximum absolute atomic E-state index is 6.02. The van der Waals surface area contributed by atoms with Gasteiger partial charge in [-0.3, -0.25) is 0 Å². The highest BCUT2D eigenvalue weighted by Crippen LogP contribution is 2.23. The molecule has 2 rings (SSSR count). The van der Waals surface area contributed by atoms with Gasteiger partial charge in [-0.2, -0.15) is 0 Å². The standard InChI is InChI=1S/C15H13ClOS/c1-12-7-9-13(10-8-12)17-15(16)11-18-14-5-3-2-4-6-14/h2-11H,1H3/b15-11-. The Morgan fingerprint density at radius 1 is 1.06 bits per heavy atom. The van der Waals surface area contributed by atoms with Crippen molar-refractivity contribution in [2.45, 2.75) is 11.8 Å². The van der Waals surface area contributed by atoms with Crippen LogP contribution in [-0.4, -0.2) is 0 Å². The predicted octanol–water partition coefficient (Wildman–Crippen LogP) is 5.20. The first-order valence-corrected chi connectivity index (χ1v) is 6.82. The van der Waals surface area contributed by atoms with E-state index in [0.29, 0.717) is 5.22 Å². The minimum atomic E-state index is 0.368. The number of thioether (sulfide) groups is 1. The van der Waals surface area contributed by atoms with E-state index in [1.165, 1.54) is 17.3 Å². The molecule has 0 spiro atoms. The molecule has 2 aromatic carbocycles. The van der Waals surface area contributed by atoms with Crippen molar-refractivity contribution in [3.63, 3.8) is 0 Å². The molecule has 0 aliphatic carbocycles. The van der Waals surface area contributed by atoms with E-state index >= 15 is 0 Å². The van der Waals surface area contributed by atoms with Crippen LogP contribution in [0.15, 0.2) is 70.1 Å². The van der Waals surface area contributed by atoms with Gasteiger partial charge in [0.2, 0.25) is 0 Å². The number of benzene rings is 2. The van der Waals surface area contributed by atoms with Crippen LogP contribution in [0.3, 0.4) is 0 Å². The van der Waals surface area contributed by atoms with Crippen molar-refractivity contribution in [1.29, 1.82) is 0 Å². The van der Waals surface area contributed by atoms with Crippen molar-refractivity contribution >= 4 is 23.4 Å². The summed E-state index contributed by atoms with van der Waals surface area (Å²) >= 11 is 7.56. The normalized spacial score (nSPS) is 11.3. The van der Waals surface area contributed by atoms with Crippen LogP contribution in [-0.2, 0) is 0 Å². The molecule has 0 aromatic heterocycles. The van der Waals surface area contributed by atoms with Crippen LogP contribution in [0.2, 0.25) is 0 Å². The van der Waals surface area contributed by atoms with Crippen molar-refractivity contribution in [1.82, 2.24) is 0 Å². The van der Waals surface area contributed by atoms with E-state index in [1.807, 2.05) is 61.5 Å². The number of hydrogen-bond acceptors (Lipinski definition) is 2. The average molecular weight is 277 g/mol. The molecule has 0 N–H and O–H groups in total. The molecule has 0 atom stereocenters. The third-order valence-electron chi connectivity index (χ3n) is 2.27. The van der Waals surface area contributed by atoms with Gasteiger partial charge in [0.15, 0.2) is 5.22 Å². The van der Waals surface area contributed by atoms with Crippen LogP contribution in [0.25, 0.3) is 0 Å². The molecule has 0 saturated carbocycles. The van der Waals surface area contributed by atoms with E-state index in [4.69, 9.17) is 16.3 Å². The molecule has 0 bridgehead atoms. The topological polar surface area (TPSA) is 9.23 Å². The monoisotopic (exact) mass is 276 g/mol. The second-order valence-electron chi connectivity index (χ2n) is 3.77. The van der Waals surface area contributed by atoms with Gasteiger partial charge in [0.1, 0.15) is 5.75 Å². The van der Waals surface area contributed by atoms with Crippen molar-refractivity contribution in [3.05, 3.63) is 70.8 Å². The van der Waals surface area contributed by atoms with E-state index in [9.17, 15) is 0 Å². The maximum atomic E-state index is 6.02. The van der Waals surface area contributed by atoms with Gasteiger partial charge in [-0.1, -0.05) is 47.7 Å². The Kier molecular flexibility index (Phi) is 4.73. The summed E-state index contributed by atoms with van der Waals surface area (Å²) in [4.78, 5) is 1.13. The molecule has 0 heterocycles. The highest BCUT2D eigenvalue weighted by Gasteiger charge is 1.97. The summed E-state index contributed by atoms with van der Waals surface area (Å²) in [5, 5.41) is 2.16. The van der Waals surface area contributed by atoms with Crippen LogP contribution in [0.5, 0.6) is 5.75 Å². The van der Waals surface area contributed by atoms with Gasteiger partial charge in [0.25, 0.3) is 0 Å². The van der Waals surface area contributed by atoms with Gasteiger partial charge in [0.05, 0.1) is 0 Å². The van der Waals surface area contributed by atoms with E-state index < -0.39 is 0 Å². The average Bonchev–Trinajstić information content (AvgIpc) is 2.40. The van der Waals surface area contributed by atoms with Crippen molar-refractivity contribution < 1.29 is 4.74 Å². The Morgan fingerprint density at radius 2 is 1.72 bits per heavy atom. The smallest absolute Gasteiger partial charge is 0.200 e. The van der Waals surface area contributed by atoms with E-state index in [1.54, 1.807) is 5.41 Å². The highest BCUT2D eigenvalue weighted by molar-refractivity contribution is 8.02. The number of halogens is 1. The Hall–Kier alpha value is -1.38. The van der Waals surface area contributed by atoms with Gasteiger partial charge in [-0.25, -0.2) is 0 Å². The van der Waals surface area contributed by atoms with Gasteiger partial charge < -0.3 is 4.74 Å². The fraction of sp³-hybridized carbons (Fsp3) is 0.0667. The molecule has 0 radical (unpaired) electrons. The maximum Gasteiger partial charge on any atom is 0.200 e. The number of rotatable bonds is 4. The Labute approximate surface area is 116 Å². The van der Waals surface area contributed by atoms with Crippen LogP contribution < -0.4 is 4.74 Å². The summed E-state index contributed by atoms with van der Waals surface area (Å²) in [5.41, 5.74) is 1.20. The van der Waals surface area contributed by atoms with Crippen LogP contribution in [0, 0.1) is 6.92 Å². The molecule has 0 unspecified atom stereocenters. The van der Waals surface area contributed by atoms with Crippen LogP contribution in [0.1, 0.15) is 5.56 Å². The molecule has 18 heavy (non-hydrogen) atoms. The van der Waals surface area contributed by atoms with E-state index in [2.05, 4.69) is 0 Å². The summed E-state index contributed by atoms with van der Waals surface area (Å²) in [7, 11) is 0. The molecule has 1 nitrogen and oxygen atoms in total. The molecule has 92 valence electrons. The minimum Gasteiger partial charge on any atom is -0.445 e. The van der Waals surface area contributed by atoms with Crippen LogP contribution in [0.4, 0.5) is 0 Å². The molecule has 3 heteroatoms. The number of hydrogen-bond donors (Lipinski definition) is 0. The number of aryl methyl sites for hydroxylation is 1. The van der Waals surface area contributed by atoms with E-state index in [-0.39, 0.29) is 0 Å². The third-order valence-corrected chi connectivity index (χ3v) is 3.46. The lowest BCUT2D eigenvalue weighted by Gasteiger charge is -2.04. The van der Waals surface area contributed by atoms with Crippen molar-refractivity contribution in [2.24, 2.45) is 0 Å². The zero-order valence-electron chi connectivity index (χ0n) is 9.97. The summed E-state index contributed by atoms with van der Waals surface area (Å²) < 4.78 is 5.50. The molecule has 0 saturated heterocycles. The lowest BCUT2D eigenvalue weighted by Crippen LogP contribution is -1.87. The quantitative estimate of drug-likeness (QED) is 0.560. The van der Waals surface area contributed by atoms with E-state index in [0.717, 1.165) is 10.6 Å².